The van der Waals surface area contributed by atoms with Gasteiger partial charge in [0.2, 0.25) is 0 Å². The molecule has 107 heavy (non-hydrogen) atoms. The van der Waals surface area contributed by atoms with E-state index in [4.69, 9.17) is 31.8 Å². The SMILES string of the molecule is Cc1cccc2cc(CN(C)c3ncnc4nc[nH]c34)n(C3CCN(C(C)C)CC3)c(=O)c12.Cc1cccc2cc(Cn3nc(-c4ccc5oc(N)nc5c4)c4c(N)ncnc43)n(C3CCC3)c(=O)c12.Cc1cccc2cc(Cn3nc(-c4cn[nH]c4)c4c(N)ncnc43)n(C3CCN(C(C)C)CC3)c(=O)c12. The average Bonchev–Trinajstić information content (AvgIpc) is 1.05. The number of hydrogen-bond donors (Lipinski definition) is 5. The summed E-state index contributed by atoms with van der Waals surface area (Å²) in [6.07, 6.45) is 16.4. The Labute approximate surface area is 614 Å². The minimum Gasteiger partial charge on any atom is -0.424 e. The number of fused-ring (bicyclic) bond motifs is 7. The lowest BCUT2D eigenvalue weighted by atomic mass is 9.91. The number of oxazole rings is 1. The van der Waals surface area contributed by atoms with Crippen LogP contribution < -0.4 is 38.8 Å². The zero-order valence-corrected chi connectivity index (χ0v) is 61.3. The molecule has 11 aromatic heterocycles. The van der Waals surface area contributed by atoms with E-state index >= 15 is 0 Å². The van der Waals surface area contributed by atoms with Gasteiger partial charge in [-0.1, -0.05) is 54.6 Å². The van der Waals surface area contributed by atoms with Crippen LogP contribution in [-0.2, 0) is 19.6 Å². The van der Waals surface area contributed by atoms with Gasteiger partial charge < -0.3 is 55.0 Å². The molecule has 1 saturated carbocycles. The standard InChI is InChI=1S/C27H31N9O.C27H24N8O2.C25H31N7O/c1-16(2)34-9-7-20(8-10-34)36-21(11-18-6-4-5-17(3)22(18)27(36)37)14-35-26-23(25(28)29-15-30-26)24(33-35)19-12-31-32-13-19;1-14-4-2-5-15-10-18(35(17-6-3-7-17)26(36)21(14)15)12-34-25-22(24(28)30-13-31-25)23(33-34)16-8-9-20-19(11-16)32-27(29)37-20;1-16(2)31-10-8-19(9-11-31)32-20(12-18-7-5-6-17(3)21(18)25(32)33)13-30(4)24-22-23(27-14-26-22)28-15-29-24/h4-6,11-13,15-16,20H,7-10,14H2,1-3H3,(H,31,32)(H2,28,29,30);2,4-5,8-11,13,17H,3,6-7,12H2,1H3,(H2,29,32)(H2,28,30,31);5-7,12,14-16,19H,8-11,13H2,1-4H3,(H,26,27,28,29). The van der Waals surface area contributed by atoms with Crippen LogP contribution in [0.2, 0.25) is 0 Å². The number of rotatable bonds is 14. The number of likely N-dealkylation sites (tertiary alicyclic amines) is 2. The molecule has 8 N–H and O–H groups in total. The lowest BCUT2D eigenvalue weighted by Crippen LogP contribution is -2.42. The number of nitrogen functional groups attached to an aromatic ring is 3. The third-order valence-corrected chi connectivity index (χ3v) is 21.9. The van der Waals surface area contributed by atoms with Crippen molar-refractivity contribution in [3.8, 4) is 22.5 Å². The number of benzene rings is 4. The van der Waals surface area contributed by atoms with E-state index in [1.54, 1.807) is 29.5 Å². The summed E-state index contributed by atoms with van der Waals surface area (Å²) in [4.78, 5) is 86.5. The molecule has 28 heteroatoms. The van der Waals surface area contributed by atoms with Crippen molar-refractivity contribution < 1.29 is 4.42 Å². The molecule has 13 heterocycles. The van der Waals surface area contributed by atoms with Gasteiger partial charge in [-0.05, 0) is 163 Å². The molecule has 1 aliphatic carbocycles. The molecule has 2 saturated heterocycles. The van der Waals surface area contributed by atoms with Crippen molar-refractivity contribution in [2.24, 2.45) is 0 Å². The average molecular weight is 1440 g/mol. The molecule has 0 atom stereocenters. The quantitative estimate of drug-likeness (QED) is 0.0675. The van der Waals surface area contributed by atoms with Crippen molar-refractivity contribution in [1.29, 1.82) is 0 Å². The maximum absolute atomic E-state index is 14.0. The number of piperidine rings is 2. The molecule has 4 aromatic carbocycles. The van der Waals surface area contributed by atoms with Crippen molar-refractivity contribution in [3.63, 3.8) is 0 Å². The van der Waals surface area contributed by atoms with E-state index in [-0.39, 0.29) is 40.8 Å². The lowest BCUT2D eigenvalue weighted by Gasteiger charge is -2.36. The predicted octanol–water partition coefficient (Wildman–Crippen LogP) is 11.4. The van der Waals surface area contributed by atoms with Crippen molar-refractivity contribution in [3.05, 3.63) is 194 Å². The first-order valence-corrected chi connectivity index (χ1v) is 36.7. The van der Waals surface area contributed by atoms with Crippen molar-refractivity contribution in [1.82, 2.24) is 98.1 Å². The topological polar surface area (TPSA) is 350 Å². The monoisotopic (exact) mass is 1430 g/mol. The van der Waals surface area contributed by atoms with Gasteiger partial charge >= 0.3 is 0 Å². The number of nitrogens with one attached hydrogen (secondary N) is 2. The first-order chi connectivity index (χ1) is 51.8. The van der Waals surface area contributed by atoms with Gasteiger partial charge in [0.25, 0.3) is 22.7 Å². The number of aromatic nitrogens is 18. The van der Waals surface area contributed by atoms with Crippen LogP contribution in [0, 0.1) is 20.8 Å². The molecule has 546 valence electrons. The number of pyridine rings is 3. The van der Waals surface area contributed by atoms with E-state index in [1.165, 1.54) is 19.0 Å². The van der Waals surface area contributed by atoms with Gasteiger partial charge in [-0.15, -0.1) is 0 Å². The first-order valence-electron chi connectivity index (χ1n) is 36.7. The predicted molar refractivity (Wildman–Crippen MR) is 418 cm³/mol. The largest absolute Gasteiger partial charge is 0.424 e. The normalized spacial score (nSPS) is 15.0. The third-order valence-electron chi connectivity index (χ3n) is 21.9. The Bertz CT molecular complexity index is 6060. The molecule has 15 aromatic rings. The smallest absolute Gasteiger partial charge is 0.292 e. The summed E-state index contributed by atoms with van der Waals surface area (Å²) in [7, 11) is 2.00. The van der Waals surface area contributed by atoms with Gasteiger partial charge in [0.05, 0.1) is 59.1 Å². The first kappa shape index (κ1) is 69.3. The Hall–Kier alpha value is -12.0. The Balaban J connectivity index is 0.000000123. The van der Waals surface area contributed by atoms with E-state index in [0.717, 1.165) is 160 Å². The summed E-state index contributed by atoms with van der Waals surface area (Å²) in [5.74, 6) is 1.46. The number of aromatic amines is 2. The maximum atomic E-state index is 14.0. The fraction of sp³-hybridized carbons (Fsp3) is 0.342. The number of aryl methyl sites for hydroxylation is 3. The Kier molecular flexibility index (Phi) is 18.4. The second-order valence-corrected chi connectivity index (χ2v) is 29.2. The van der Waals surface area contributed by atoms with Gasteiger partial charge in [-0.2, -0.15) is 20.3 Å². The highest BCUT2D eigenvalue weighted by Gasteiger charge is 2.31. The second kappa shape index (κ2) is 28.4. The van der Waals surface area contributed by atoms with E-state index < -0.39 is 0 Å². The molecule has 3 fully saturated rings. The summed E-state index contributed by atoms with van der Waals surface area (Å²) in [5, 5.41) is 23.3. The summed E-state index contributed by atoms with van der Waals surface area (Å²) in [5.41, 5.74) is 31.1. The number of H-pyrrole nitrogens is 2. The van der Waals surface area contributed by atoms with Crippen LogP contribution in [0.1, 0.15) is 125 Å². The zero-order valence-electron chi connectivity index (χ0n) is 61.3. The van der Waals surface area contributed by atoms with Gasteiger partial charge in [-0.3, -0.25) is 19.5 Å². The molecular formula is C79H86N24O4. The van der Waals surface area contributed by atoms with Gasteiger partial charge in [-0.25, -0.2) is 44.3 Å². The van der Waals surface area contributed by atoms with Gasteiger partial charge in [0, 0.05) is 97.8 Å². The van der Waals surface area contributed by atoms with Crippen LogP contribution >= 0.6 is 0 Å². The lowest BCUT2D eigenvalue weighted by molar-refractivity contribution is 0.149. The van der Waals surface area contributed by atoms with Crippen LogP contribution in [0.4, 0.5) is 23.5 Å². The van der Waals surface area contributed by atoms with Gasteiger partial charge in [0.15, 0.2) is 28.3 Å². The van der Waals surface area contributed by atoms with E-state index in [2.05, 4.69) is 120 Å². The van der Waals surface area contributed by atoms with Crippen LogP contribution in [0.25, 0.3) is 99.2 Å². The molecule has 3 aliphatic rings. The fourth-order valence-electron chi connectivity index (χ4n) is 16.2. The molecule has 0 radical (unpaired) electrons. The molecule has 0 amide bonds. The van der Waals surface area contributed by atoms with Crippen LogP contribution in [0.15, 0.2) is 147 Å². The highest BCUT2D eigenvalue weighted by Crippen LogP contribution is 2.38. The molecular weight excluding hydrogens is 1350 g/mol. The summed E-state index contributed by atoms with van der Waals surface area (Å²) >= 11 is 0. The molecule has 18 rings (SSSR count). The number of nitrogens with two attached hydrogens (primary N) is 3. The van der Waals surface area contributed by atoms with E-state index in [0.29, 0.717) is 93.6 Å². The minimum absolute atomic E-state index is 0.0511. The molecule has 0 spiro atoms. The highest BCUT2D eigenvalue weighted by atomic mass is 16.4. The Morgan fingerprint density at radius 2 is 1.04 bits per heavy atom. The number of nitrogens with zero attached hydrogens (tertiary/aromatic N) is 19. The van der Waals surface area contributed by atoms with E-state index in [1.807, 2.05) is 108 Å². The van der Waals surface area contributed by atoms with Crippen LogP contribution in [0.5, 0.6) is 0 Å². The molecule has 0 bridgehead atoms. The van der Waals surface area contributed by atoms with Crippen molar-refractivity contribution >= 4 is 100 Å². The maximum Gasteiger partial charge on any atom is 0.292 e. The number of imidazole rings is 1. The molecule has 0 unspecified atom stereocenters. The summed E-state index contributed by atoms with van der Waals surface area (Å²) < 4.78 is 15.1. The Morgan fingerprint density at radius 1 is 0.551 bits per heavy atom. The number of anilines is 4. The van der Waals surface area contributed by atoms with Gasteiger partial charge in [0.1, 0.15) is 53.0 Å². The number of hydrogen-bond acceptors (Lipinski definition) is 21. The zero-order chi connectivity index (χ0) is 74.1. The minimum atomic E-state index is 0.0511. The van der Waals surface area contributed by atoms with E-state index in [9.17, 15) is 14.4 Å². The second-order valence-electron chi connectivity index (χ2n) is 29.2. The summed E-state index contributed by atoms with van der Waals surface area (Å²) in [6, 6.07) is 31.7. The van der Waals surface area contributed by atoms with Crippen molar-refractivity contribution in [2.75, 3.05) is 55.3 Å². The highest BCUT2D eigenvalue weighted by molar-refractivity contribution is 6.00. The third kappa shape index (κ3) is 12.9. The van der Waals surface area contributed by atoms with Crippen molar-refractivity contribution in [2.45, 2.75) is 143 Å². The summed E-state index contributed by atoms with van der Waals surface area (Å²) in [6.45, 7) is 20.2. The fourth-order valence-corrected chi connectivity index (χ4v) is 16.2. The Morgan fingerprint density at radius 3 is 1.52 bits per heavy atom. The molecule has 2 aliphatic heterocycles. The van der Waals surface area contributed by atoms with Crippen LogP contribution in [-0.4, -0.2) is 143 Å². The van der Waals surface area contributed by atoms with Crippen LogP contribution in [0.3, 0.4) is 0 Å². The molecule has 28 nitrogen and oxygen atoms in total.